The number of halogens is 1. The lowest BCUT2D eigenvalue weighted by Crippen LogP contribution is -2.33. The maximum Gasteiger partial charge on any atom is 0.338 e. The van der Waals surface area contributed by atoms with Gasteiger partial charge in [-0.15, -0.1) is 0 Å². The fourth-order valence-electron chi connectivity index (χ4n) is 2.10. The summed E-state index contributed by atoms with van der Waals surface area (Å²) >= 11 is 0. The minimum atomic E-state index is -1.31. The molecule has 1 atom stereocenters. The van der Waals surface area contributed by atoms with E-state index in [1.165, 1.54) is 6.20 Å². The Morgan fingerprint density at radius 1 is 1.65 bits per heavy atom. The summed E-state index contributed by atoms with van der Waals surface area (Å²) in [4.78, 5) is 16.3. The number of carboxylic acid groups (broad SMARTS) is 1. The number of carboxylic acids is 1. The van der Waals surface area contributed by atoms with E-state index in [-0.39, 0.29) is 18.5 Å². The summed E-state index contributed by atoms with van der Waals surface area (Å²) in [6, 6.07) is 0.951. The van der Waals surface area contributed by atoms with Gasteiger partial charge in [0, 0.05) is 12.7 Å². The second-order valence-corrected chi connectivity index (χ2v) is 3.97. The van der Waals surface area contributed by atoms with Gasteiger partial charge in [-0.2, -0.15) is 0 Å². The van der Waals surface area contributed by atoms with Crippen molar-refractivity contribution in [2.24, 2.45) is 0 Å². The van der Waals surface area contributed by atoms with Gasteiger partial charge < -0.3 is 15.1 Å². The molecule has 0 aliphatic carbocycles. The summed E-state index contributed by atoms with van der Waals surface area (Å²) in [6.07, 6.45) is 2.87. The molecular formula is C11H13FN2O3. The van der Waals surface area contributed by atoms with Gasteiger partial charge in [-0.1, -0.05) is 0 Å². The first-order valence-corrected chi connectivity index (χ1v) is 5.40. The first kappa shape index (κ1) is 11.8. The summed E-state index contributed by atoms with van der Waals surface area (Å²) < 4.78 is 13.9. The monoisotopic (exact) mass is 240 g/mol. The first-order chi connectivity index (χ1) is 8.15. The van der Waals surface area contributed by atoms with Crippen LogP contribution in [0.3, 0.4) is 0 Å². The highest BCUT2D eigenvalue weighted by atomic mass is 19.1. The van der Waals surface area contributed by atoms with Crippen molar-refractivity contribution >= 4 is 11.8 Å². The van der Waals surface area contributed by atoms with E-state index in [1.54, 1.807) is 4.90 Å². The van der Waals surface area contributed by atoms with Crippen molar-refractivity contribution in [2.45, 2.75) is 18.9 Å². The van der Waals surface area contributed by atoms with Crippen LogP contribution in [0.5, 0.6) is 0 Å². The van der Waals surface area contributed by atoms with Crippen LogP contribution in [0.2, 0.25) is 0 Å². The van der Waals surface area contributed by atoms with Crippen LogP contribution >= 0.6 is 0 Å². The SMILES string of the molecule is O=C(O)c1ccnc(N2CCCC2CO)c1F. The van der Waals surface area contributed by atoms with E-state index in [4.69, 9.17) is 10.2 Å². The molecule has 1 aromatic heterocycles. The summed E-state index contributed by atoms with van der Waals surface area (Å²) in [5.74, 6) is -2.13. The van der Waals surface area contributed by atoms with Gasteiger partial charge in [-0.3, -0.25) is 0 Å². The van der Waals surface area contributed by atoms with Crippen LogP contribution in [0.1, 0.15) is 23.2 Å². The predicted molar refractivity (Wildman–Crippen MR) is 58.6 cm³/mol. The zero-order chi connectivity index (χ0) is 12.4. The van der Waals surface area contributed by atoms with Gasteiger partial charge in [0.05, 0.1) is 12.6 Å². The Balaban J connectivity index is 2.38. The van der Waals surface area contributed by atoms with Crippen LogP contribution in [0.25, 0.3) is 0 Å². The van der Waals surface area contributed by atoms with E-state index < -0.39 is 17.3 Å². The molecule has 1 aliphatic heterocycles. The number of hydrogen-bond donors (Lipinski definition) is 2. The van der Waals surface area contributed by atoms with E-state index >= 15 is 0 Å². The zero-order valence-electron chi connectivity index (χ0n) is 9.14. The maximum absolute atomic E-state index is 13.9. The topological polar surface area (TPSA) is 73.7 Å². The molecule has 0 radical (unpaired) electrons. The third kappa shape index (κ3) is 2.08. The molecule has 0 bridgehead atoms. The molecule has 6 heteroatoms. The lowest BCUT2D eigenvalue weighted by Gasteiger charge is -2.24. The van der Waals surface area contributed by atoms with Crippen LogP contribution in [0, 0.1) is 5.82 Å². The Hall–Kier alpha value is -1.69. The molecule has 1 saturated heterocycles. The minimum Gasteiger partial charge on any atom is -0.478 e. The van der Waals surface area contributed by atoms with Gasteiger partial charge in [0.25, 0.3) is 0 Å². The van der Waals surface area contributed by atoms with Crippen molar-refractivity contribution in [3.63, 3.8) is 0 Å². The van der Waals surface area contributed by atoms with Crippen molar-refractivity contribution < 1.29 is 19.4 Å². The van der Waals surface area contributed by atoms with Crippen molar-refractivity contribution in [1.29, 1.82) is 0 Å². The van der Waals surface area contributed by atoms with Crippen LogP contribution in [0.15, 0.2) is 12.3 Å². The highest BCUT2D eigenvalue weighted by molar-refractivity contribution is 5.88. The van der Waals surface area contributed by atoms with Gasteiger partial charge in [-0.25, -0.2) is 14.2 Å². The molecule has 5 nitrogen and oxygen atoms in total. The van der Waals surface area contributed by atoms with Gasteiger partial charge in [-0.05, 0) is 18.9 Å². The Bertz CT molecular complexity index is 439. The van der Waals surface area contributed by atoms with E-state index in [1.807, 2.05) is 0 Å². The van der Waals surface area contributed by atoms with Gasteiger partial charge in [0.15, 0.2) is 11.6 Å². The lowest BCUT2D eigenvalue weighted by molar-refractivity contribution is 0.0691. The number of anilines is 1. The number of nitrogens with zero attached hydrogens (tertiary/aromatic N) is 2. The maximum atomic E-state index is 13.9. The average molecular weight is 240 g/mol. The number of aliphatic hydroxyl groups is 1. The Morgan fingerprint density at radius 3 is 3.06 bits per heavy atom. The summed E-state index contributed by atoms with van der Waals surface area (Å²) in [5.41, 5.74) is -0.390. The number of carbonyl (C=O) groups is 1. The van der Waals surface area contributed by atoms with Crippen molar-refractivity contribution in [3.05, 3.63) is 23.6 Å². The van der Waals surface area contributed by atoms with Crippen LogP contribution in [-0.2, 0) is 0 Å². The molecule has 1 unspecified atom stereocenters. The van der Waals surface area contributed by atoms with Crippen LogP contribution < -0.4 is 4.90 Å². The molecule has 92 valence electrons. The largest absolute Gasteiger partial charge is 0.478 e. The molecule has 2 N–H and O–H groups in total. The van der Waals surface area contributed by atoms with Crippen LogP contribution in [-0.4, -0.2) is 40.4 Å². The second kappa shape index (κ2) is 4.67. The minimum absolute atomic E-state index is 0.0152. The quantitative estimate of drug-likeness (QED) is 0.820. The highest BCUT2D eigenvalue weighted by Gasteiger charge is 2.28. The standard InChI is InChI=1S/C11H13FN2O3/c12-9-8(11(16)17)3-4-13-10(9)14-5-1-2-7(14)6-15/h3-4,7,15H,1-2,5-6H2,(H,16,17). The molecule has 1 aliphatic rings. The molecule has 17 heavy (non-hydrogen) atoms. The van der Waals surface area contributed by atoms with Crippen molar-refractivity contribution in [2.75, 3.05) is 18.1 Å². The first-order valence-electron chi connectivity index (χ1n) is 5.40. The molecule has 2 rings (SSSR count). The lowest BCUT2D eigenvalue weighted by atomic mass is 10.2. The van der Waals surface area contributed by atoms with Crippen molar-refractivity contribution in [1.82, 2.24) is 4.98 Å². The Morgan fingerprint density at radius 2 is 2.41 bits per heavy atom. The fraction of sp³-hybridized carbons (Fsp3) is 0.455. The summed E-state index contributed by atoms with van der Waals surface area (Å²) in [6.45, 7) is 0.497. The Labute approximate surface area is 97.5 Å². The Kier molecular flexibility index (Phi) is 3.23. The molecule has 1 fully saturated rings. The third-order valence-electron chi connectivity index (χ3n) is 2.96. The number of pyridine rings is 1. The number of aliphatic hydroxyl groups excluding tert-OH is 1. The fourth-order valence-corrected chi connectivity index (χ4v) is 2.10. The number of hydrogen-bond acceptors (Lipinski definition) is 4. The van der Waals surface area contributed by atoms with Gasteiger partial charge >= 0.3 is 5.97 Å². The number of aromatic nitrogens is 1. The number of aromatic carboxylic acids is 1. The molecule has 0 amide bonds. The van der Waals surface area contributed by atoms with Gasteiger partial charge in [0.2, 0.25) is 0 Å². The summed E-state index contributed by atoms with van der Waals surface area (Å²) in [7, 11) is 0. The van der Waals surface area contributed by atoms with E-state index in [9.17, 15) is 9.18 Å². The second-order valence-electron chi connectivity index (χ2n) is 3.97. The molecule has 2 heterocycles. The molecule has 0 aromatic carbocycles. The number of rotatable bonds is 3. The highest BCUT2D eigenvalue weighted by Crippen LogP contribution is 2.27. The van der Waals surface area contributed by atoms with Crippen molar-refractivity contribution in [3.8, 4) is 0 Å². The van der Waals surface area contributed by atoms with E-state index in [2.05, 4.69) is 4.98 Å². The molecule has 0 saturated carbocycles. The third-order valence-corrected chi connectivity index (χ3v) is 2.96. The summed E-state index contributed by atoms with van der Waals surface area (Å²) in [5, 5.41) is 18.0. The smallest absolute Gasteiger partial charge is 0.338 e. The average Bonchev–Trinajstić information content (AvgIpc) is 2.76. The molecule has 1 aromatic rings. The predicted octanol–water partition coefficient (Wildman–Crippen LogP) is 0.880. The van der Waals surface area contributed by atoms with E-state index in [0.29, 0.717) is 6.54 Å². The molecule has 0 spiro atoms. The zero-order valence-corrected chi connectivity index (χ0v) is 9.14. The van der Waals surface area contributed by atoms with E-state index in [0.717, 1.165) is 18.9 Å². The van der Waals surface area contributed by atoms with Gasteiger partial charge in [0.1, 0.15) is 5.56 Å². The normalized spacial score (nSPS) is 19.6. The van der Waals surface area contributed by atoms with Crippen LogP contribution in [0.4, 0.5) is 10.2 Å². The molecular weight excluding hydrogens is 227 g/mol.